The summed E-state index contributed by atoms with van der Waals surface area (Å²) in [6, 6.07) is 10.1. The number of pyridine rings is 1. The zero-order chi connectivity index (χ0) is 14.2. The van der Waals surface area contributed by atoms with Gasteiger partial charge in [-0.2, -0.15) is 0 Å². The Morgan fingerprint density at radius 3 is 2.76 bits per heavy atom. The Morgan fingerprint density at radius 2 is 1.86 bits per heavy atom. The zero-order valence-electron chi connectivity index (χ0n) is 11.9. The van der Waals surface area contributed by atoms with Gasteiger partial charge in [-0.25, -0.2) is 4.98 Å². The number of ether oxygens (including phenoxy) is 2. The van der Waals surface area contributed by atoms with Crippen molar-refractivity contribution < 1.29 is 9.47 Å². The molecule has 0 spiro atoms. The number of aromatic nitrogens is 2. The second-order valence-corrected chi connectivity index (χ2v) is 5.31. The number of nitrogens with zero attached hydrogens (tertiary/aromatic N) is 2. The number of fused-ring (bicyclic) bond motifs is 2. The van der Waals surface area contributed by atoms with Gasteiger partial charge in [-0.15, -0.1) is 0 Å². The van der Waals surface area contributed by atoms with E-state index in [2.05, 4.69) is 24.2 Å². The lowest BCUT2D eigenvalue weighted by Gasteiger charge is -2.07. The highest BCUT2D eigenvalue weighted by Crippen LogP contribution is 2.33. The Bertz CT molecular complexity index is 808. The SMILES string of the molecule is Cc1ccc2nc(-c3ccc4c(c3)OCCCO4)cn2c1. The molecule has 0 bridgehead atoms. The van der Waals surface area contributed by atoms with Crippen molar-refractivity contribution in [2.75, 3.05) is 13.2 Å². The van der Waals surface area contributed by atoms with Crippen LogP contribution in [-0.2, 0) is 0 Å². The van der Waals surface area contributed by atoms with Crippen LogP contribution in [0.2, 0.25) is 0 Å². The standard InChI is InChI=1S/C17H16N2O2/c1-12-3-6-17-18-14(11-19(17)10-12)13-4-5-15-16(9-13)21-8-2-7-20-15/h3-6,9-11H,2,7-8H2,1H3. The lowest BCUT2D eigenvalue weighted by atomic mass is 10.1. The van der Waals surface area contributed by atoms with E-state index in [1.54, 1.807) is 0 Å². The molecule has 0 saturated carbocycles. The Morgan fingerprint density at radius 1 is 1.00 bits per heavy atom. The predicted octanol–water partition coefficient (Wildman–Crippen LogP) is 3.47. The molecule has 1 aliphatic rings. The summed E-state index contributed by atoms with van der Waals surface area (Å²) in [5.74, 6) is 1.62. The van der Waals surface area contributed by atoms with Crippen LogP contribution in [0.4, 0.5) is 0 Å². The quantitative estimate of drug-likeness (QED) is 0.684. The molecule has 3 heterocycles. The van der Waals surface area contributed by atoms with E-state index in [0.29, 0.717) is 13.2 Å². The number of hydrogen-bond acceptors (Lipinski definition) is 3. The third kappa shape index (κ3) is 2.23. The largest absolute Gasteiger partial charge is 0.490 e. The van der Waals surface area contributed by atoms with Crippen LogP contribution in [-0.4, -0.2) is 22.6 Å². The third-order valence-electron chi connectivity index (χ3n) is 3.64. The van der Waals surface area contributed by atoms with E-state index in [9.17, 15) is 0 Å². The van der Waals surface area contributed by atoms with Crippen LogP contribution < -0.4 is 9.47 Å². The Hall–Kier alpha value is -2.49. The summed E-state index contributed by atoms with van der Waals surface area (Å²) in [5, 5.41) is 0. The molecule has 4 nitrogen and oxygen atoms in total. The van der Waals surface area contributed by atoms with Crippen LogP contribution in [0.5, 0.6) is 11.5 Å². The predicted molar refractivity (Wildman–Crippen MR) is 81.0 cm³/mol. The molecule has 3 aromatic rings. The minimum Gasteiger partial charge on any atom is -0.490 e. The first kappa shape index (κ1) is 12.3. The fraction of sp³-hybridized carbons (Fsp3) is 0.235. The molecule has 1 aliphatic heterocycles. The summed E-state index contributed by atoms with van der Waals surface area (Å²) >= 11 is 0. The normalized spacial score (nSPS) is 14.1. The molecule has 0 N–H and O–H groups in total. The lowest BCUT2D eigenvalue weighted by Crippen LogP contribution is -1.97. The number of benzene rings is 1. The van der Waals surface area contributed by atoms with Crippen molar-refractivity contribution in [3.8, 4) is 22.8 Å². The number of imidazole rings is 1. The molecule has 0 aliphatic carbocycles. The minimum absolute atomic E-state index is 0.695. The van der Waals surface area contributed by atoms with Crippen LogP contribution >= 0.6 is 0 Å². The lowest BCUT2D eigenvalue weighted by molar-refractivity contribution is 0.297. The van der Waals surface area contributed by atoms with Crippen LogP contribution in [0.1, 0.15) is 12.0 Å². The topological polar surface area (TPSA) is 35.8 Å². The molecule has 0 fully saturated rings. The van der Waals surface area contributed by atoms with Gasteiger partial charge >= 0.3 is 0 Å². The summed E-state index contributed by atoms with van der Waals surface area (Å²) in [7, 11) is 0. The first-order valence-electron chi connectivity index (χ1n) is 7.15. The van der Waals surface area contributed by atoms with Gasteiger partial charge in [0, 0.05) is 24.4 Å². The van der Waals surface area contributed by atoms with Crippen molar-refractivity contribution in [2.24, 2.45) is 0 Å². The van der Waals surface area contributed by atoms with Gasteiger partial charge in [0.2, 0.25) is 0 Å². The zero-order valence-corrected chi connectivity index (χ0v) is 11.9. The van der Waals surface area contributed by atoms with Gasteiger partial charge in [0.05, 0.1) is 18.9 Å². The van der Waals surface area contributed by atoms with Crippen LogP contribution in [0.3, 0.4) is 0 Å². The Balaban J connectivity index is 1.79. The number of rotatable bonds is 1. The molecule has 0 saturated heterocycles. The maximum Gasteiger partial charge on any atom is 0.161 e. The molecule has 106 valence electrons. The molecular weight excluding hydrogens is 264 g/mol. The molecule has 2 aromatic heterocycles. The third-order valence-corrected chi connectivity index (χ3v) is 3.64. The van der Waals surface area contributed by atoms with Gasteiger partial charge in [-0.1, -0.05) is 6.07 Å². The van der Waals surface area contributed by atoms with Gasteiger partial charge in [-0.05, 0) is 36.8 Å². The van der Waals surface area contributed by atoms with Gasteiger partial charge in [-0.3, -0.25) is 0 Å². The molecule has 4 rings (SSSR count). The molecule has 0 unspecified atom stereocenters. The van der Waals surface area contributed by atoms with Gasteiger partial charge in [0.15, 0.2) is 11.5 Å². The fourth-order valence-corrected chi connectivity index (χ4v) is 2.56. The van der Waals surface area contributed by atoms with Crippen molar-refractivity contribution in [1.82, 2.24) is 9.38 Å². The highest BCUT2D eigenvalue weighted by Gasteiger charge is 2.13. The maximum atomic E-state index is 5.74. The molecular formula is C17H16N2O2. The monoisotopic (exact) mass is 280 g/mol. The van der Waals surface area contributed by atoms with Crippen molar-refractivity contribution in [3.05, 3.63) is 48.3 Å². The Kier molecular flexibility index (Phi) is 2.81. The van der Waals surface area contributed by atoms with Gasteiger partial charge in [0.1, 0.15) is 5.65 Å². The fourth-order valence-electron chi connectivity index (χ4n) is 2.56. The molecule has 4 heteroatoms. The summed E-state index contributed by atoms with van der Waals surface area (Å²) in [4.78, 5) is 4.66. The molecule has 21 heavy (non-hydrogen) atoms. The van der Waals surface area contributed by atoms with E-state index in [-0.39, 0.29) is 0 Å². The molecule has 1 aromatic carbocycles. The first-order chi connectivity index (χ1) is 10.3. The number of hydrogen-bond donors (Lipinski definition) is 0. The summed E-state index contributed by atoms with van der Waals surface area (Å²) < 4.78 is 13.5. The summed E-state index contributed by atoms with van der Waals surface area (Å²) in [6.07, 6.45) is 5.04. The van der Waals surface area contributed by atoms with Gasteiger partial charge < -0.3 is 13.9 Å². The van der Waals surface area contributed by atoms with E-state index in [4.69, 9.17) is 9.47 Å². The van der Waals surface area contributed by atoms with E-state index < -0.39 is 0 Å². The van der Waals surface area contributed by atoms with Crippen LogP contribution in [0.25, 0.3) is 16.9 Å². The molecule has 0 radical (unpaired) electrons. The van der Waals surface area contributed by atoms with Crippen molar-refractivity contribution in [1.29, 1.82) is 0 Å². The highest BCUT2D eigenvalue weighted by molar-refractivity contribution is 5.66. The van der Waals surface area contributed by atoms with Crippen molar-refractivity contribution in [2.45, 2.75) is 13.3 Å². The van der Waals surface area contributed by atoms with Crippen LogP contribution in [0, 0.1) is 6.92 Å². The minimum atomic E-state index is 0.695. The van der Waals surface area contributed by atoms with Crippen molar-refractivity contribution in [3.63, 3.8) is 0 Å². The highest BCUT2D eigenvalue weighted by atomic mass is 16.5. The van der Waals surface area contributed by atoms with Gasteiger partial charge in [0.25, 0.3) is 0 Å². The van der Waals surface area contributed by atoms with Crippen LogP contribution in [0.15, 0.2) is 42.7 Å². The van der Waals surface area contributed by atoms with E-state index >= 15 is 0 Å². The van der Waals surface area contributed by atoms with Crippen molar-refractivity contribution >= 4 is 5.65 Å². The maximum absolute atomic E-state index is 5.74. The van der Waals surface area contributed by atoms with E-state index in [1.165, 1.54) is 5.56 Å². The smallest absolute Gasteiger partial charge is 0.161 e. The molecule has 0 atom stereocenters. The Labute approximate surface area is 123 Å². The average molecular weight is 280 g/mol. The average Bonchev–Trinajstić information content (AvgIpc) is 2.76. The summed E-state index contributed by atoms with van der Waals surface area (Å²) in [5.41, 5.74) is 4.14. The first-order valence-corrected chi connectivity index (χ1v) is 7.15. The number of aryl methyl sites for hydroxylation is 1. The second kappa shape index (κ2) is 4.81. The van der Waals surface area contributed by atoms with E-state index in [0.717, 1.165) is 34.8 Å². The molecule has 0 amide bonds. The second-order valence-electron chi connectivity index (χ2n) is 5.31. The van der Waals surface area contributed by atoms with E-state index in [1.807, 2.05) is 34.9 Å². The summed E-state index contributed by atoms with van der Waals surface area (Å²) in [6.45, 7) is 3.48.